The Morgan fingerprint density at radius 1 is 1.50 bits per heavy atom. The van der Waals surface area contributed by atoms with Crippen LogP contribution in [-0.4, -0.2) is 42.4 Å². The average molecular weight is 241 g/mol. The number of rotatable bonds is 1. The first-order chi connectivity index (χ1) is 7.58. The molecule has 16 heavy (non-hydrogen) atoms. The van der Waals surface area contributed by atoms with E-state index in [-0.39, 0.29) is 18.4 Å². The largest absolute Gasteiger partial charge is 0.367 e. The summed E-state index contributed by atoms with van der Waals surface area (Å²) in [6, 6.07) is -0.264. The van der Waals surface area contributed by atoms with E-state index < -0.39 is 0 Å². The Balaban J connectivity index is 2.18. The van der Waals surface area contributed by atoms with Gasteiger partial charge in [0.1, 0.15) is 11.5 Å². The standard InChI is InChI=1S/C9H11N3O3S/c1-12(2)9(14)11-8-10-5-3-15-4-6(13)7(5)16-8/h3-4H2,1-2H3,(H,10,11,14). The summed E-state index contributed by atoms with van der Waals surface area (Å²) in [5.41, 5.74) is 0.607. The second kappa shape index (κ2) is 4.18. The minimum Gasteiger partial charge on any atom is -0.367 e. The maximum atomic E-state index is 11.4. The summed E-state index contributed by atoms with van der Waals surface area (Å²) in [6.45, 7) is 0.422. The number of ketones is 1. The molecule has 0 saturated heterocycles. The van der Waals surface area contributed by atoms with E-state index in [0.29, 0.717) is 22.3 Å². The number of aromatic nitrogens is 1. The minimum absolute atomic E-state index is 0.0795. The van der Waals surface area contributed by atoms with E-state index in [2.05, 4.69) is 10.3 Å². The monoisotopic (exact) mass is 241 g/mol. The zero-order valence-electron chi connectivity index (χ0n) is 8.94. The molecule has 1 aliphatic rings. The van der Waals surface area contributed by atoms with Crippen molar-refractivity contribution < 1.29 is 14.3 Å². The van der Waals surface area contributed by atoms with E-state index in [9.17, 15) is 9.59 Å². The summed E-state index contributed by atoms with van der Waals surface area (Å²) in [4.78, 5) is 28.9. The van der Waals surface area contributed by atoms with Gasteiger partial charge in [0.2, 0.25) is 0 Å². The highest BCUT2D eigenvalue weighted by molar-refractivity contribution is 7.17. The van der Waals surface area contributed by atoms with Gasteiger partial charge < -0.3 is 9.64 Å². The Bertz CT molecular complexity index is 441. The number of ether oxygens (including phenoxy) is 1. The third-order valence-corrected chi connectivity index (χ3v) is 3.10. The second-order valence-electron chi connectivity index (χ2n) is 3.54. The van der Waals surface area contributed by atoms with Crippen molar-refractivity contribution in [1.82, 2.24) is 9.88 Å². The topological polar surface area (TPSA) is 71.5 Å². The molecule has 6 nitrogen and oxygen atoms in total. The van der Waals surface area contributed by atoms with E-state index in [1.165, 1.54) is 16.2 Å². The maximum absolute atomic E-state index is 11.4. The number of nitrogens with zero attached hydrogens (tertiary/aromatic N) is 2. The number of carbonyl (C=O) groups excluding carboxylic acids is 2. The molecule has 2 amide bonds. The lowest BCUT2D eigenvalue weighted by molar-refractivity contribution is 0.0664. The van der Waals surface area contributed by atoms with E-state index in [4.69, 9.17) is 4.74 Å². The molecule has 0 unspecified atom stereocenters. The van der Waals surface area contributed by atoms with Crippen molar-refractivity contribution in [3.63, 3.8) is 0 Å². The SMILES string of the molecule is CN(C)C(=O)Nc1nc2c(s1)C(=O)COC2. The van der Waals surface area contributed by atoms with Crippen molar-refractivity contribution in [1.29, 1.82) is 0 Å². The molecule has 1 aromatic heterocycles. The van der Waals surface area contributed by atoms with Crippen LogP contribution < -0.4 is 5.32 Å². The van der Waals surface area contributed by atoms with Gasteiger partial charge in [0, 0.05) is 14.1 Å². The number of fused-ring (bicyclic) bond motifs is 1. The van der Waals surface area contributed by atoms with E-state index in [0.717, 1.165) is 0 Å². The Morgan fingerprint density at radius 2 is 2.25 bits per heavy atom. The van der Waals surface area contributed by atoms with Crippen molar-refractivity contribution in [2.45, 2.75) is 6.61 Å². The Morgan fingerprint density at radius 3 is 2.88 bits per heavy atom. The first-order valence-corrected chi connectivity index (χ1v) is 5.48. The lowest BCUT2D eigenvalue weighted by Crippen LogP contribution is -2.27. The first kappa shape index (κ1) is 11.0. The predicted octanol–water partition coefficient (Wildman–Crippen LogP) is 0.950. The zero-order valence-corrected chi connectivity index (χ0v) is 9.76. The van der Waals surface area contributed by atoms with Gasteiger partial charge in [-0.25, -0.2) is 9.78 Å². The number of hydrogen-bond donors (Lipinski definition) is 1. The fraction of sp³-hybridized carbons (Fsp3) is 0.444. The van der Waals surface area contributed by atoms with Crippen molar-refractivity contribution in [2.24, 2.45) is 0 Å². The number of hydrogen-bond acceptors (Lipinski definition) is 5. The number of urea groups is 1. The van der Waals surface area contributed by atoms with Gasteiger partial charge in [-0.05, 0) is 0 Å². The lowest BCUT2D eigenvalue weighted by Gasteiger charge is -2.09. The molecular formula is C9H11N3O3S. The van der Waals surface area contributed by atoms with Gasteiger partial charge >= 0.3 is 6.03 Å². The number of Topliss-reactive ketones (excluding diaryl/α,β-unsaturated/α-hetero) is 1. The van der Waals surface area contributed by atoms with Gasteiger partial charge in [-0.15, -0.1) is 0 Å². The highest BCUT2D eigenvalue weighted by Gasteiger charge is 2.23. The first-order valence-electron chi connectivity index (χ1n) is 4.67. The zero-order chi connectivity index (χ0) is 11.7. The normalized spacial score (nSPS) is 14.5. The molecule has 0 fully saturated rings. The molecule has 0 aliphatic carbocycles. The van der Waals surface area contributed by atoms with Crippen LogP contribution in [0.3, 0.4) is 0 Å². The third-order valence-electron chi connectivity index (χ3n) is 2.04. The van der Waals surface area contributed by atoms with Gasteiger partial charge in [-0.3, -0.25) is 10.1 Å². The van der Waals surface area contributed by atoms with Crippen LogP contribution in [0.1, 0.15) is 15.4 Å². The fourth-order valence-corrected chi connectivity index (χ4v) is 2.11. The van der Waals surface area contributed by atoms with Crippen molar-refractivity contribution in [2.75, 3.05) is 26.0 Å². The smallest absolute Gasteiger partial charge is 0.323 e. The lowest BCUT2D eigenvalue weighted by atomic mass is 10.2. The van der Waals surface area contributed by atoms with Gasteiger partial charge in [0.25, 0.3) is 0 Å². The summed E-state index contributed by atoms with van der Waals surface area (Å²) in [7, 11) is 3.27. The highest BCUT2D eigenvalue weighted by Crippen LogP contribution is 2.26. The van der Waals surface area contributed by atoms with E-state index in [1.54, 1.807) is 14.1 Å². The van der Waals surface area contributed by atoms with E-state index in [1.807, 2.05) is 0 Å². The average Bonchev–Trinajstić information content (AvgIpc) is 2.61. The minimum atomic E-state index is -0.264. The molecule has 2 rings (SSSR count). The third kappa shape index (κ3) is 2.05. The molecule has 0 aromatic carbocycles. The summed E-state index contributed by atoms with van der Waals surface area (Å²) >= 11 is 1.19. The van der Waals surface area contributed by atoms with Crippen LogP contribution in [-0.2, 0) is 11.3 Å². The summed E-state index contributed by atoms with van der Waals surface area (Å²) in [5.74, 6) is -0.0795. The quantitative estimate of drug-likeness (QED) is 0.794. The van der Waals surface area contributed by atoms with Gasteiger partial charge in [-0.2, -0.15) is 0 Å². The van der Waals surface area contributed by atoms with Crippen LogP contribution in [0.25, 0.3) is 0 Å². The van der Waals surface area contributed by atoms with Crippen LogP contribution in [0.4, 0.5) is 9.93 Å². The molecule has 0 radical (unpaired) electrons. The van der Waals surface area contributed by atoms with Crippen LogP contribution in [0.5, 0.6) is 0 Å². The molecule has 0 atom stereocenters. The molecule has 0 saturated carbocycles. The molecular weight excluding hydrogens is 230 g/mol. The van der Waals surface area contributed by atoms with Crippen molar-refractivity contribution in [3.05, 3.63) is 10.6 Å². The predicted molar refractivity (Wildman–Crippen MR) is 58.8 cm³/mol. The molecule has 1 aromatic rings. The van der Waals surface area contributed by atoms with Gasteiger partial charge in [-0.1, -0.05) is 11.3 Å². The Hall–Kier alpha value is -1.47. The van der Waals surface area contributed by atoms with Gasteiger partial charge in [0.05, 0.1) is 12.3 Å². The summed E-state index contributed by atoms with van der Waals surface area (Å²) in [5, 5.41) is 3.04. The van der Waals surface area contributed by atoms with Crippen LogP contribution in [0.2, 0.25) is 0 Å². The molecule has 0 bridgehead atoms. The number of amides is 2. The summed E-state index contributed by atoms with van der Waals surface area (Å²) < 4.78 is 5.05. The molecule has 86 valence electrons. The number of anilines is 1. The van der Waals surface area contributed by atoms with Crippen LogP contribution in [0, 0.1) is 0 Å². The van der Waals surface area contributed by atoms with Crippen molar-refractivity contribution in [3.8, 4) is 0 Å². The van der Waals surface area contributed by atoms with Crippen LogP contribution >= 0.6 is 11.3 Å². The second-order valence-corrected chi connectivity index (χ2v) is 4.53. The molecule has 2 heterocycles. The number of carbonyl (C=O) groups is 2. The Kier molecular flexibility index (Phi) is 2.88. The molecule has 0 spiro atoms. The maximum Gasteiger partial charge on any atom is 0.323 e. The molecule has 1 N–H and O–H groups in total. The van der Waals surface area contributed by atoms with Crippen molar-refractivity contribution >= 4 is 28.3 Å². The fourth-order valence-electron chi connectivity index (χ4n) is 1.23. The molecule has 1 aliphatic heterocycles. The molecule has 7 heteroatoms. The highest BCUT2D eigenvalue weighted by atomic mass is 32.1. The summed E-state index contributed by atoms with van der Waals surface area (Å²) in [6.07, 6.45) is 0. The number of thiazole rings is 1. The number of nitrogens with one attached hydrogen (secondary N) is 1. The van der Waals surface area contributed by atoms with Crippen LogP contribution in [0.15, 0.2) is 0 Å². The van der Waals surface area contributed by atoms with E-state index >= 15 is 0 Å². The van der Waals surface area contributed by atoms with Gasteiger partial charge in [0.15, 0.2) is 10.9 Å². The Labute approximate surface area is 96.2 Å².